The summed E-state index contributed by atoms with van der Waals surface area (Å²) in [7, 11) is 2.32. The van der Waals surface area contributed by atoms with Crippen LogP contribution in [0.25, 0.3) is 0 Å². The van der Waals surface area contributed by atoms with E-state index < -0.39 is 0 Å². The van der Waals surface area contributed by atoms with Crippen LogP contribution in [0.1, 0.15) is 58.8 Å². The number of rotatable bonds is 4. The first kappa shape index (κ1) is 11.0. The highest BCUT2D eigenvalue weighted by Gasteiger charge is 2.34. The molecule has 78 valence electrons. The lowest BCUT2D eigenvalue weighted by Crippen LogP contribution is -2.49. The highest BCUT2D eigenvalue weighted by atomic mass is 15.2. The van der Waals surface area contributed by atoms with Crippen molar-refractivity contribution in [1.82, 2.24) is 4.90 Å². The molecule has 1 rings (SSSR count). The van der Waals surface area contributed by atoms with Gasteiger partial charge in [0.05, 0.1) is 0 Å². The Bertz CT molecular complexity index is 131. The molecular weight excluding hydrogens is 158 g/mol. The topological polar surface area (TPSA) is 3.24 Å². The van der Waals surface area contributed by atoms with Gasteiger partial charge in [0.1, 0.15) is 0 Å². The quantitative estimate of drug-likeness (QED) is 0.645. The monoisotopic (exact) mass is 183 g/mol. The van der Waals surface area contributed by atoms with E-state index in [1.54, 1.807) is 0 Å². The largest absolute Gasteiger partial charge is 0.301 e. The van der Waals surface area contributed by atoms with E-state index in [1.807, 2.05) is 0 Å². The molecule has 1 aliphatic heterocycles. The molecule has 0 aliphatic carbocycles. The third-order valence-electron chi connectivity index (χ3n) is 3.63. The van der Waals surface area contributed by atoms with Crippen molar-refractivity contribution in [2.75, 3.05) is 13.6 Å². The van der Waals surface area contributed by atoms with E-state index in [0.29, 0.717) is 5.54 Å². The maximum absolute atomic E-state index is 2.63. The second-order valence-corrected chi connectivity index (χ2v) is 4.60. The van der Waals surface area contributed by atoms with Crippen LogP contribution in [-0.2, 0) is 0 Å². The molecule has 13 heavy (non-hydrogen) atoms. The molecule has 0 saturated carbocycles. The molecule has 0 radical (unpaired) electrons. The molecule has 0 amide bonds. The Morgan fingerprint density at radius 3 is 2.15 bits per heavy atom. The molecule has 0 unspecified atom stereocenters. The predicted octanol–water partition coefficient (Wildman–Crippen LogP) is 3.44. The second-order valence-electron chi connectivity index (χ2n) is 4.60. The average Bonchev–Trinajstić information content (AvgIpc) is 2.11. The Labute approximate surface area is 83.5 Å². The van der Waals surface area contributed by atoms with Crippen LogP contribution in [-0.4, -0.2) is 24.0 Å². The van der Waals surface area contributed by atoms with E-state index in [4.69, 9.17) is 0 Å². The van der Waals surface area contributed by atoms with E-state index in [1.165, 1.54) is 51.5 Å². The average molecular weight is 183 g/mol. The lowest BCUT2D eigenvalue weighted by atomic mass is 9.80. The van der Waals surface area contributed by atoms with Gasteiger partial charge < -0.3 is 4.90 Å². The molecule has 0 atom stereocenters. The van der Waals surface area contributed by atoms with Crippen LogP contribution in [0.5, 0.6) is 0 Å². The molecule has 1 fully saturated rings. The summed E-state index contributed by atoms with van der Waals surface area (Å²) in [6.45, 7) is 5.96. The van der Waals surface area contributed by atoms with Gasteiger partial charge in [-0.1, -0.05) is 33.1 Å². The van der Waals surface area contributed by atoms with Crippen molar-refractivity contribution in [2.24, 2.45) is 0 Å². The Balaban J connectivity index is 2.61. The zero-order chi connectivity index (χ0) is 9.73. The van der Waals surface area contributed by atoms with Gasteiger partial charge in [-0.15, -0.1) is 0 Å². The van der Waals surface area contributed by atoms with Gasteiger partial charge in [-0.05, 0) is 39.3 Å². The fraction of sp³-hybridized carbons (Fsp3) is 1.00. The molecular formula is C12H25N. The van der Waals surface area contributed by atoms with E-state index in [2.05, 4.69) is 25.8 Å². The van der Waals surface area contributed by atoms with Gasteiger partial charge in [-0.2, -0.15) is 0 Å². The first-order valence-electron chi connectivity index (χ1n) is 5.96. The molecule has 1 nitrogen and oxygen atoms in total. The van der Waals surface area contributed by atoms with E-state index in [9.17, 15) is 0 Å². The third-order valence-corrected chi connectivity index (χ3v) is 3.63. The van der Waals surface area contributed by atoms with Crippen molar-refractivity contribution < 1.29 is 0 Å². The predicted molar refractivity (Wildman–Crippen MR) is 59.0 cm³/mol. The van der Waals surface area contributed by atoms with Gasteiger partial charge in [0, 0.05) is 5.54 Å². The van der Waals surface area contributed by atoms with Crippen molar-refractivity contribution in [3.63, 3.8) is 0 Å². The van der Waals surface area contributed by atoms with Gasteiger partial charge in [0.15, 0.2) is 0 Å². The minimum atomic E-state index is 0.571. The van der Waals surface area contributed by atoms with Gasteiger partial charge in [0.2, 0.25) is 0 Å². The fourth-order valence-electron chi connectivity index (χ4n) is 2.92. The normalized spacial score (nSPS) is 23.3. The number of piperidine rings is 1. The fourth-order valence-corrected chi connectivity index (χ4v) is 2.92. The van der Waals surface area contributed by atoms with E-state index >= 15 is 0 Å². The van der Waals surface area contributed by atoms with Crippen LogP contribution in [0.2, 0.25) is 0 Å². The van der Waals surface area contributed by atoms with Crippen molar-refractivity contribution in [3.05, 3.63) is 0 Å². The molecule has 1 heteroatoms. The number of nitrogens with zero attached hydrogens (tertiary/aromatic N) is 1. The maximum Gasteiger partial charge on any atom is 0.0206 e. The van der Waals surface area contributed by atoms with Crippen LogP contribution < -0.4 is 0 Å². The first-order valence-corrected chi connectivity index (χ1v) is 5.96. The Morgan fingerprint density at radius 2 is 1.69 bits per heavy atom. The SMILES string of the molecule is CCCC1(CCC)CCCCN1C. The molecule has 0 aromatic heterocycles. The van der Waals surface area contributed by atoms with Gasteiger partial charge in [-0.25, -0.2) is 0 Å². The summed E-state index contributed by atoms with van der Waals surface area (Å²) in [6, 6.07) is 0. The Morgan fingerprint density at radius 1 is 1.08 bits per heavy atom. The minimum absolute atomic E-state index is 0.571. The minimum Gasteiger partial charge on any atom is -0.301 e. The number of hydrogen-bond donors (Lipinski definition) is 0. The van der Waals surface area contributed by atoms with Gasteiger partial charge in [0.25, 0.3) is 0 Å². The highest BCUT2D eigenvalue weighted by Crippen LogP contribution is 2.34. The molecule has 0 aromatic rings. The second kappa shape index (κ2) is 4.99. The van der Waals surface area contributed by atoms with Crippen molar-refractivity contribution >= 4 is 0 Å². The zero-order valence-electron chi connectivity index (χ0n) is 9.60. The molecule has 1 aliphatic rings. The van der Waals surface area contributed by atoms with Crippen LogP contribution in [0.4, 0.5) is 0 Å². The van der Waals surface area contributed by atoms with Crippen LogP contribution in [0.15, 0.2) is 0 Å². The van der Waals surface area contributed by atoms with Crippen molar-refractivity contribution in [3.8, 4) is 0 Å². The summed E-state index contributed by atoms with van der Waals surface area (Å²) in [6.07, 6.45) is 9.77. The lowest BCUT2D eigenvalue weighted by Gasteiger charge is -2.46. The first-order chi connectivity index (χ1) is 6.25. The lowest BCUT2D eigenvalue weighted by molar-refractivity contribution is 0.0546. The van der Waals surface area contributed by atoms with E-state index in [0.717, 1.165) is 0 Å². The van der Waals surface area contributed by atoms with E-state index in [-0.39, 0.29) is 0 Å². The van der Waals surface area contributed by atoms with Crippen molar-refractivity contribution in [2.45, 2.75) is 64.3 Å². The molecule has 1 heterocycles. The Kier molecular flexibility index (Phi) is 4.24. The van der Waals surface area contributed by atoms with Gasteiger partial charge in [-0.3, -0.25) is 0 Å². The number of likely N-dealkylation sites (tertiary alicyclic amines) is 1. The standard InChI is InChI=1S/C12H25N/c1-4-8-12(9-5-2)10-6-7-11-13(12)3/h4-11H2,1-3H3. The van der Waals surface area contributed by atoms with Gasteiger partial charge >= 0.3 is 0 Å². The molecule has 0 bridgehead atoms. The van der Waals surface area contributed by atoms with Crippen LogP contribution in [0, 0.1) is 0 Å². The summed E-state index contributed by atoms with van der Waals surface area (Å²) >= 11 is 0. The molecule has 1 saturated heterocycles. The zero-order valence-corrected chi connectivity index (χ0v) is 9.60. The summed E-state index contributed by atoms with van der Waals surface area (Å²) in [4.78, 5) is 2.63. The summed E-state index contributed by atoms with van der Waals surface area (Å²) in [5, 5.41) is 0. The van der Waals surface area contributed by atoms with Crippen molar-refractivity contribution in [1.29, 1.82) is 0 Å². The maximum atomic E-state index is 2.63. The molecule has 0 N–H and O–H groups in total. The Hall–Kier alpha value is -0.0400. The summed E-state index contributed by atoms with van der Waals surface area (Å²) < 4.78 is 0. The third kappa shape index (κ3) is 2.46. The summed E-state index contributed by atoms with van der Waals surface area (Å²) in [5.41, 5.74) is 0.571. The smallest absolute Gasteiger partial charge is 0.0206 e. The number of hydrogen-bond acceptors (Lipinski definition) is 1. The summed E-state index contributed by atoms with van der Waals surface area (Å²) in [5.74, 6) is 0. The van der Waals surface area contributed by atoms with Crippen LogP contribution in [0.3, 0.4) is 0 Å². The highest BCUT2D eigenvalue weighted by molar-refractivity contribution is 4.91. The van der Waals surface area contributed by atoms with Crippen LogP contribution >= 0.6 is 0 Å². The molecule has 0 spiro atoms. The molecule has 0 aromatic carbocycles.